The number of hydrogen-bond acceptors (Lipinski definition) is 5. The third-order valence-electron chi connectivity index (χ3n) is 7.85. The van der Waals surface area contributed by atoms with E-state index in [-0.39, 0.29) is 17.6 Å². The van der Waals surface area contributed by atoms with Gasteiger partial charge >= 0.3 is 0 Å². The number of rotatable bonds is 6. The third kappa shape index (κ3) is 5.36. The monoisotopic (exact) mass is 515 g/mol. The summed E-state index contributed by atoms with van der Waals surface area (Å²) in [6, 6.07) is 5.28. The van der Waals surface area contributed by atoms with Gasteiger partial charge in [-0.05, 0) is 64.0 Å². The first-order valence-corrected chi connectivity index (χ1v) is 12.9. The summed E-state index contributed by atoms with van der Waals surface area (Å²) in [6.45, 7) is 3.33. The lowest BCUT2D eigenvalue weighted by Crippen LogP contribution is -2.45. The van der Waals surface area contributed by atoms with Gasteiger partial charge in [-0.1, -0.05) is 18.2 Å². The van der Waals surface area contributed by atoms with Crippen LogP contribution in [0.2, 0.25) is 0 Å². The van der Waals surface area contributed by atoms with E-state index < -0.39 is 29.8 Å². The number of carbonyl (C=O) groups excluding carboxylic acids is 1. The van der Waals surface area contributed by atoms with Gasteiger partial charge in [0.2, 0.25) is 0 Å². The Morgan fingerprint density at radius 1 is 1.16 bits per heavy atom. The number of nitrogens with zero attached hydrogens (tertiary/aromatic N) is 4. The van der Waals surface area contributed by atoms with Crippen LogP contribution < -0.4 is 5.32 Å². The minimum absolute atomic E-state index is 0.00867. The van der Waals surface area contributed by atoms with Gasteiger partial charge in [-0.25, -0.2) is 22.7 Å². The molecule has 2 N–H and O–H groups in total. The summed E-state index contributed by atoms with van der Waals surface area (Å²) >= 11 is 0. The average molecular weight is 516 g/mol. The molecule has 1 aromatic carbocycles. The summed E-state index contributed by atoms with van der Waals surface area (Å²) in [5, 5.41) is 17.0. The Labute approximate surface area is 213 Å². The molecule has 1 aliphatic carbocycles. The minimum atomic E-state index is -2.93. The average Bonchev–Trinajstić information content (AvgIpc) is 3.37. The van der Waals surface area contributed by atoms with Crippen molar-refractivity contribution < 1.29 is 23.1 Å². The lowest BCUT2D eigenvalue weighted by Gasteiger charge is -2.40. The van der Waals surface area contributed by atoms with E-state index in [9.17, 15) is 23.1 Å². The molecule has 198 valence electrons. The molecule has 7 nitrogen and oxygen atoms in total. The maximum absolute atomic E-state index is 14.6. The molecular weight excluding hydrogens is 483 g/mol. The normalized spacial score (nSPS) is 23.9. The number of amides is 1. The van der Waals surface area contributed by atoms with Crippen molar-refractivity contribution in [3.63, 3.8) is 0 Å². The van der Waals surface area contributed by atoms with Crippen LogP contribution in [0.3, 0.4) is 0 Å². The number of fused-ring (bicyclic) bond motifs is 1. The van der Waals surface area contributed by atoms with Crippen LogP contribution in [-0.2, 0) is 0 Å². The number of β-amino-alcohol motifs (C(OH)–C–C–N with tert-alkyl or cyclic N) is 1. The second-order valence-corrected chi connectivity index (χ2v) is 10.3. The molecule has 0 bridgehead atoms. The molecule has 5 rings (SSSR count). The van der Waals surface area contributed by atoms with E-state index in [1.807, 2.05) is 6.07 Å². The lowest BCUT2D eigenvalue weighted by atomic mass is 9.80. The molecule has 2 aromatic heterocycles. The molecule has 3 heterocycles. The van der Waals surface area contributed by atoms with Crippen LogP contribution in [0.4, 0.5) is 13.2 Å². The van der Waals surface area contributed by atoms with Crippen LogP contribution in [0.5, 0.6) is 0 Å². The summed E-state index contributed by atoms with van der Waals surface area (Å²) < 4.78 is 42.5. The molecule has 1 amide bonds. The van der Waals surface area contributed by atoms with Crippen LogP contribution in [0.15, 0.2) is 36.8 Å². The quantitative estimate of drug-likeness (QED) is 0.494. The van der Waals surface area contributed by atoms with Crippen molar-refractivity contribution in [2.75, 3.05) is 13.1 Å². The number of nitrogens with one attached hydrogen (secondary N) is 1. The van der Waals surface area contributed by atoms with Crippen LogP contribution >= 0.6 is 0 Å². The summed E-state index contributed by atoms with van der Waals surface area (Å²) in [7, 11) is 0. The number of aromatic nitrogens is 3. The molecule has 1 saturated heterocycles. The van der Waals surface area contributed by atoms with Gasteiger partial charge in [-0.3, -0.25) is 9.69 Å². The topological polar surface area (TPSA) is 82.8 Å². The number of likely N-dealkylation sites (tertiary alicyclic amines) is 1. The first-order chi connectivity index (χ1) is 17.8. The number of aliphatic hydroxyl groups excluding tert-OH is 1. The van der Waals surface area contributed by atoms with Crippen LogP contribution in [-0.4, -0.2) is 55.7 Å². The lowest BCUT2D eigenvalue weighted by molar-refractivity contribution is 0.0345. The Hall–Kier alpha value is -2.98. The number of piperidine rings is 1. The second kappa shape index (κ2) is 10.8. The zero-order valence-electron chi connectivity index (χ0n) is 20.8. The van der Waals surface area contributed by atoms with Gasteiger partial charge in [0.25, 0.3) is 12.3 Å². The molecule has 10 heteroatoms. The number of carbonyl (C=O) groups is 1. The number of alkyl halides is 2. The Balaban J connectivity index is 1.32. The van der Waals surface area contributed by atoms with Crippen LogP contribution in [0, 0.1) is 5.82 Å². The van der Waals surface area contributed by atoms with Gasteiger partial charge in [0.1, 0.15) is 12.1 Å². The number of aliphatic hydroxyl groups is 1. The van der Waals surface area contributed by atoms with Crippen molar-refractivity contribution in [3.8, 4) is 0 Å². The van der Waals surface area contributed by atoms with Gasteiger partial charge in [0, 0.05) is 29.9 Å². The van der Waals surface area contributed by atoms with E-state index >= 15 is 0 Å². The largest absolute Gasteiger partial charge is 0.392 e. The van der Waals surface area contributed by atoms with E-state index in [4.69, 9.17) is 0 Å². The van der Waals surface area contributed by atoms with Crippen LogP contribution in [0.1, 0.15) is 90.9 Å². The minimum Gasteiger partial charge on any atom is -0.392 e. The number of halogens is 3. The van der Waals surface area contributed by atoms with E-state index in [2.05, 4.69) is 20.3 Å². The Morgan fingerprint density at radius 3 is 2.65 bits per heavy atom. The van der Waals surface area contributed by atoms with Crippen molar-refractivity contribution in [1.29, 1.82) is 0 Å². The highest BCUT2D eigenvalue weighted by Crippen LogP contribution is 2.37. The van der Waals surface area contributed by atoms with Crippen molar-refractivity contribution in [3.05, 3.63) is 64.9 Å². The Morgan fingerprint density at radius 2 is 1.92 bits per heavy atom. The Kier molecular flexibility index (Phi) is 7.48. The predicted octanol–water partition coefficient (Wildman–Crippen LogP) is 4.78. The summed E-state index contributed by atoms with van der Waals surface area (Å²) in [4.78, 5) is 20.0. The van der Waals surface area contributed by atoms with Gasteiger partial charge in [-0.2, -0.15) is 5.10 Å². The van der Waals surface area contributed by atoms with E-state index in [0.717, 1.165) is 63.2 Å². The Bertz CT molecular complexity index is 1260. The molecule has 0 unspecified atom stereocenters. The molecule has 2 atom stereocenters. The summed E-state index contributed by atoms with van der Waals surface area (Å²) in [6.07, 6.45) is 5.63. The highest BCUT2D eigenvalue weighted by Gasteiger charge is 2.31. The van der Waals surface area contributed by atoms with Crippen molar-refractivity contribution in [2.24, 2.45) is 0 Å². The zero-order chi connectivity index (χ0) is 26.1. The first kappa shape index (κ1) is 25.7. The van der Waals surface area contributed by atoms with Gasteiger partial charge in [0.05, 0.1) is 23.3 Å². The molecule has 0 radical (unpaired) electrons. The van der Waals surface area contributed by atoms with E-state index in [0.29, 0.717) is 17.3 Å². The molecule has 1 aliphatic heterocycles. The predicted molar refractivity (Wildman–Crippen MR) is 132 cm³/mol. The van der Waals surface area contributed by atoms with Gasteiger partial charge in [0.15, 0.2) is 5.65 Å². The second-order valence-electron chi connectivity index (χ2n) is 10.3. The fourth-order valence-electron chi connectivity index (χ4n) is 5.87. The van der Waals surface area contributed by atoms with Crippen molar-refractivity contribution in [1.82, 2.24) is 24.8 Å². The summed E-state index contributed by atoms with van der Waals surface area (Å²) in [5.74, 6) is -1.23. The standard InChI is InChI=1S/C27H32F3N5O2/c1-16(21-5-2-6-22(24(21)28)25(29)30)33-27(37)18-12-23(26-31-15-32-35(26)13-18)17-7-9-19(10-8-17)34-11-3-4-20(36)14-34/h2,5-6,12-13,15-17,19-20,25,36H,3-4,7-11,14H2,1H3,(H,33,37)/t16-,17?,19?,20-/m1/s1. The number of pyridine rings is 1. The van der Waals surface area contributed by atoms with Gasteiger partial charge in [-0.15, -0.1) is 0 Å². The van der Waals surface area contributed by atoms with Crippen molar-refractivity contribution >= 4 is 11.6 Å². The number of benzene rings is 1. The number of hydrogen-bond donors (Lipinski definition) is 2. The van der Waals surface area contributed by atoms with Crippen molar-refractivity contribution in [2.45, 2.75) is 76.0 Å². The zero-order valence-corrected chi connectivity index (χ0v) is 20.8. The third-order valence-corrected chi connectivity index (χ3v) is 7.85. The van der Waals surface area contributed by atoms with Gasteiger partial charge < -0.3 is 10.4 Å². The van der Waals surface area contributed by atoms with E-state index in [1.54, 1.807) is 17.6 Å². The molecule has 0 spiro atoms. The molecule has 2 aliphatic rings. The summed E-state index contributed by atoms with van der Waals surface area (Å²) in [5.41, 5.74) is 1.33. The fourth-order valence-corrected chi connectivity index (χ4v) is 5.87. The highest BCUT2D eigenvalue weighted by molar-refractivity contribution is 5.94. The fraction of sp³-hybridized carbons (Fsp3) is 0.519. The molecule has 1 saturated carbocycles. The SMILES string of the molecule is C[C@@H](NC(=O)c1cc(C2CCC(N3CCC[C@@H](O)C3)CC2)c2ncnn2c1)c1cccc(C(F)F)c1F. The molecule has 2 fully saturated rings. The smallest absolute Gasteiger partial charge is 0.266 e. The maximum atomic E-state index is 14.6. The highest BCUT2D eigenvalue weighted by atomic mass is 19.3. The maximum Gasteiger partial charge on any atom is 0.266 e. The molecule has 37 heavy (non-hydrogen) atoms. The van der Waals surface area contributed by atoms with E-state index in [1.165, 1.54) is 18.5 Å². The molecule has 3 aromatic rings. The first-order valence-electron chi connectivity index (χ1n) is 12.9. The van der Waals surface area contributed by atoms with Crippen LogP contribution in [0.25, 0.3) is 5.65 Å². The molecular formula is C27H32F3N5O2.